The van der Waals surface area contributed by atoms with Crippen LogP contribution in [0.15, 0.2) is 46.0 Å². The van der Waals surface area contributed by atoms with Gasteiger partial charge < -0.3 is 0 Å². The van der Waals surface area contributed by atoms with Crippen LogP contribution >= 0.6 is 26.6 Å². The molecule has 0 saturated heterocycles. The van der Waals surface area contributed by atoms with Crippen molar-refractivity contribution in [3.8, 4) is 0 Å². The van der Waals surface area contributed by atoms with E-state index < -0.39 is 9.05 Å². The molecule has 90 valence electrons. The molecule has 2 rings (SSSR count). The Labute approximate surface area is 112 Å². The van der Waals surface area contributed by atoms with Gasteiger partial charge in [0.25, 0.3) is 9.05 Å². The summed E-state index contributed by atoms with van der Waals surface area (Å²) >= 11 is 3.41. The van der Waals surface area contributed by atoms with Gasteiger partial charge in [0.05, 0.1) is 12.7 Å². The van der Waals surface area contributed by atoms with Gasteiger partial charge in [-0.3, -0.25) is 4.68 Å². The van der Waals surface area contributed by atoms with Crippen molar-refractivity contribution in [2.75, 3.05) is 0 Å². The number of nitrogens with zero attached hydrogens (tertiary/aromatic N) is 2. The van der Waals surface area contributed by atoms with Crippen LogP contribution in [0.2, 0.25) is 0 Å². The molecule has 0 aliphatic carbocycles. The lowest BCUT2D eigenvalue weighted by atomic mass is 10.2. The minimum Gasteiger partial charge on any atom is -0.267 e. The average Bonchev–Trinajstić information content (AvgIpc) is 2.69. The van der Waals surface area contributed by atoms with Gasteiger partial charge in [-0.15, -0.1) is 0 Å². The van der Waals surface area contributed by atoms with Crippen LogP contribution in [0.25, 0.3) is 0 Å². The summed E-state index contributed by atoms with van der Waals surface area (Å²) < 4.78 is 24.6. The maximum Gasteiger partial charge on any atom is 0.264 e. The van der Waals surface area contributed by atoms with E-state index in [0.29, 0.717) is 6.54 Å². The van der Waals surface area contributed by atoms with Gasteiger partial charge in [0, 0.05) is 21.4 Å². The molecule has 0 aliphatic heterocycles. The minimum atomic E-state index is -3.71. The van der Waals surface area contributed by atoms with Crippen molar-refractivity contribution < 1.29 is 8.42 Å². The van der Waals surface area contributed by atoms with Crippen LogP contribution in [0.1, 0.15) is 5.56 Å². The van der Waals surface area contributed by atoms with E-state index in [1.165, 1.54) is 17.1 Å². The molecule has 0 saturated carbocycles. The normalized spacial score (nSPS) is 11.6. The molecule has 0 N–H and O–H groups in total. The average molecular weight is 336 g/mol. The molecule has 0 aliphatic rings. The van der Waals surface area contributed by atoms with E-state index in [4.69, 9.17) is 10.7 Å². The van der Waals surface area contributed by atoms with Gasteiger partial charge in [-0.2, -0.15) is 5.10 Å². The van der Waals surface area contributed by atoms with Gasteiger partial charge in [0.2, 0.25) is 0 Å². The number of benzene rings is 1. The summed E-state index contributed by atoms with van der Waals surface area (Å²) in [5.74, 6) is 0. The third-order valence-corrected chi connectivity index (χ3v) is 4.26. The summed E-state index contributed by atoms with van der Waals surface area (Å²) in [7, 11) is 1.51. The Hall–Kier alpha value is -0.850. The number of rotatable bonds is 3. The molecule has 0 atom stereocenters. The lowest BCUT2D eigenvalue weighted by molar-refractivity contribution is 0.609. The second kappa shape index (κ2) is 4.80. The third kappa shape index (κ3) is 3.08. The Morgan fingerprint density at radius 1 is 1.35 bits per heavy atom. The summed E-state index contributed by atoms with van der Waals surface area (Å²) in [6, 6.07) is 7.66. The van der Waals surface area contributed by atoms with E-state index >= 15 is 0 Å². The summed E-state index contributed by atoms with van der Waals surface area (Å²) in [5.41, 5.74) is 1.01. The number of hydrogen-bond donors (Lipinski definition) is 0. The van der Waals surface area contributed by atoms with Crippen LogP contribution in [0.5, 0.6) is 0 Å². The molecule has 0 radical (unpaired) electrons. The quantitative estimate of drug-likeness (QED) is 0.810. The first kappa shape index (κ1) is 12.6. The van der Waals surface area contributed by atoms with Crippen LogP contribution in [0, 0.1) is 0 Å². The van der Waals surface area contributed by atoms with Crippen molar-refractivity contribution in [1.82, 2.24) is 9.78 Å². The second-order valence-corrected chi connectivity index (χ2v) is 6.82. The van der Waals surface area contributed by atoms with E-state index in [0.717, 1.165) is 10.0 Å². The largest absolute Gasteiger partial charge is 0.267 e. The number of aromatic nitrogens is 2. The van der Waals surface area contributed by atoms with Crippen LogP contribution in [0.3, 0.4) is 0 Å². The molecular formula is C10H8BrClN2O2S. The van der Waals surface area contributed by atoms with Crippen LogP contribution < -0.4 is 0 Å². The van der Waals surface area contributed by atoms with E-state index in [2.05, 4.69) is 21.0 Å². The smallest absolute Gasteiger partial charge is 0.264 e. The molecule has 1 aromatic carbocycles. The molecular weight excluding hydrogens is 328 g/mol. The topological polar surface area (TPSA) is 52.0 Å². The highest BCUT2D eigenvalue weighted by atomic mass is 79.9. The standard InChI is InChI=1S/C10H8BrClN2O2S/c11-10-4-2-1-3-8(10)6-14-7-9(5-13-14)17(12,15)16/h1-5,7H,6H2. The Kier molecular flexibility index (Phi) is 3.56. The van der Waals surface area contributed by atoms with Crippen molar-refractivity contribution >= 4 is 35.7 Å². The molecule has 2 aromatic rings. The van der Waals surface area contributed by atoms with Crippen molar-refractivity contribution in [3.63, 3.8) is 0 Å². The molecule has 0 unspecified atom stereocenters. The summed E-state index contributed by atoms with van der Waals surface area (Å²) in [6.07, 6.45) is 2.64. The fraction of sp³-hybridized carbons (Fsp3) is 0.100. The summed E-state index contributed by atoms with van der Waals surface area (Å²) in [4.78, 5) is 0.00576. The van der Waals surface area contributed by atoms with Gasteiger partial charge in [0.15, 0.2) is 0 Å². The molecule has 7 heteroatoms. The molecule has 0 fully saturated rings. The van der Waals surface area contributed by atoms with Gasteiger partial charge in [-0.1, -0.05) is 34.1 Å². The van der Waals surface area contributed by atoms with Gasteiger partial charge in [-0.25, -0.2) is 8.42 Å². The monoisotopic (exact) mass is 334 g/mol. The van der Waals surface area contributed by atoms with Crippen LogP contribution in [-0.4, -0.2) is 18.2 Å². The molecule has 17 heavy (non-hydrogen) atoms. The predicted octanol–water partition coefficient (Wildman–Crippen LogP) is 2.62. The van der Waals surface area contributed by atoms with E-state index in [1.807, 2.05) is 24.3 Å². The lowest BCUT2D eigenvalue weighted by Crippen LogP contribution is -2.00. The Morgan fingerprint density at radius 2 is 2.06 bits per heavy atom. The highest BCUT2D eigenvalue weighted by Crippen LogP contribution is 2.18. The molecule has 0 amide bonds. The van der Waals surface area contributed by atoms with E-state index in [-0.39, 0.29) is 4.90 Å². The first-order valence-corrected chi connectivity index (χ1v) is 7.77. The van der Waals surface area contributed by atoms with Crippen molar-refractivity contribution in [2.24, 2.45) is 0 Å². The van der Waals surface area contributed by atoms with E-state index in [9.17, 15) is 8.42 Å². The van der Waals surface area contributed by atoms with Gasteiger partial charge in [-0.05, 0) is 11.6 Å². The SMILES string of the molecule is O=S(=O)(Cl)c1cnn(Cc2ccccc2Br)c1. The fourth-order valence-electron chi connectivity index (χ4n) is 1.36. The highest BCUT2D eigenvalue weighted by Gasteiger charge is 2.12. The lowest BCUT2D eigenvalue weighted by Gasteiger charge is -2.03. The zero-order valence-corrected chi connectivity index (χ0v) is 11.7. The second-order valence-electron chi connectivity index (χ2n) is 3.40. The maximum atomic E-state index is 11.1. The molecule has 1 heterocycles. The van der Waals surface area contributed by atoms with Crippen LogP contribution in [0.4, 0.5) is 0 Å². The number of hydrogen-bond acceptors (Lipinski definition) is 3. The van der Waals surface area contributed by atoms with E-state index in [1.54, 1.807) is 0 Å². The van der Waals surface area contributed by atoms with Gasteiger partial charge in [0.1, 0.15) is 4.90 Å². The fourth-order valence-corrected chi connectivity index (χ4v) is 2.43. The maximum absolute atomic E-state index is 11.1. The molecule has 1 aromatic heterocycles. The Bertz CT molecular complexity index is 639. The van der Waals surface area contributed by atoms with Crippen molar-refractivity contribution in [1.29, 1.82) is 0 Å². The summed E-state index contributed by atoms with van der Waals surface area (Å²) in [6.45, 7) is 0.480. The third-order valence-electron chi connectivity index (χ3n) is 2.18. The van der Waals surface area contributed by atoms with Crippen molar-refractivity contribution in [3.05, 3.63) is 46.7 Å². The molecule has 4 nitrogen and oxygen atoms in total. The minimum absolute atomic E-state index is 0.00576. The molecule has 0 spiro atoms. The van der Waals surface area contributed by atoms with Crippen molar-refractivity contribution in [2.45, 2.75) is 11.4 Å². The molecule has 0 bridgehead atoms. The first-order valence-electron chi connectivity index (χ1n) is 4.67. The zero-order chi connectivity index (χ0) is 12.5. The highest BCUT2D eigenvalue weighted by molar-refractivity contribution is 9.10. The predicted molar refractivity (Wildman–Crippen MR) is 68.5 cm³/mol. The summed E-state index contributed by atoms with van der Waals surface area (Å²) in [5, 5.41) is 3.95. The van der Waals surface area contributed by atoms with Gasteiger partial charge >= 0.3 is 0 Å². The zero-order valence-electron chi connectivity index (χ0n) is 8.55. The first-order chi connectivity index (χ1) is 7.97. The van der Waals surface area contributed by atoms with Crippen LogP contribution in [-0.2, 0) is 15.6 Å². The Morgan fingerprint density at radius 3 is 2.65 bits per heavy atom. The Balaban J connectivity index is 2.26. The number of halogens is 2.